The van der Waals surface area contributed by atoms with Crippen molar-refractivity contribution in [3.8, 4) is 0 Å². The van der Waals surface area contributed by atoms with Gasteiger partial charge in [0.05, 0.1) is 6.04 Å². The van der Waals surface area contributed by atoms with Gasteiger partial charge in [-0.1, -0.05) is 42.5 Å². The van der Waals surface area contributed by atoms with Crippen LogP contribution in [0.15, 0.2) is 59.6 Å². The Morgan fingerprint density at radius 3 is 2.29 bits per heavy atom. The van der Waals surface area contributed by atoms with Crippen LogP contribution >= 0.6 is 0 Å². The van der Waals surface area contributed by atoms with Crippen LogP contribution in [-0.4, -0.2) is 38.5 Å². The molecule has 128 valence electrons. The van der Waals surface area contributed by atoms with E-state index in [1.54, 1.807) is 19.2 Å². The van der Waals surface area contributed by atoms with Gasteiger partial charge in [0.25, 0.3) is 0 Å². The Labute approximate surface area is 143 Å². The highest BCUT2D eigenvalue weighted by molar-refractivity contribution is 5.79. The van der Waals surface area contributed by atoms with Gasteiger partial charge in [-0.2, -0.15) is 0 Å². The standard InChI is InChI=1S/C19H25FN4/c1-21-19(22-13-15-9-11-17(20)12-10-15)23-14-18(24(2)3)16-7-5-4-6-8-16/h4-12,18H,13-14H2,1-3H3,(H2,21,22,23). The third-order valence-corrected chi connectivity index (χ3v) is 3.87. The summed E-state index contributed by atoms with van der Waals surface area (Å²) < 4.78 is 12.9. The lowest BCUT2D eigenvalue weighted by Crippen LogP contribution is -2.41. The molecule has 2 N–H and O–H groups in total. The topological polar surface area (TPSA) is 39.7 Å². The van der Waals surface area contributed by atoms with Gasteiger partial charge >= 0.3 is 0 Å². The predicted molar refractivity (Wildman–Crippen MR) is 97.5 cm³/mol. The summed E-state index contributed by atoms with van der Waals surface area (Å²) >= 11 is 0. The van der Waals surface area contributed by atoms with Crippen LogP contribution in [0.3, 0.4) is 0 Å². The minimum atomic E-state index is -0.224. The number of benzene rings is 2. The summed E-state index contributed by atoms with van der Waals surface area (Å²) in [4.78, 5) is 6.42. The van der Waals surface area contributed by atoms with Crippen LogP contribution in [0.25, 0.3) is 0 Å². The molecule has 1 unspecified atom stereocenters. The molecule has 0 aliphatic heterocycles. The molecular formula is C19H25FN4. The van der Waals surface area contributed by atoms with Gasteiger partial charge in [0.1, 0.15) is 5.82 Å². The largest absolute Gasteiger partial charge is 0.354 e. The second kappa shape index (κ2) is 9.03. The fraction of sp³-hybridized carbons (Fsp3) is 0.316. The summed E-state index contributed by atoms with van der Waals surface area (Å²) in [6, 6.07) is 17.1. The molecule has 0 radical (unpaired) electrons. The van der Waals surface area contributed by atoms with E-state index in [0.717, 1.165) is 18.1 Å². The Morgan fingerprint density at radius 1 is 1.04 bits per heavy atom. The van der Waals surface area contributed by atoms with Gasteiger partial charge < -0.3 is 15.5 Å². The second-order valence-corrected chi connectivity index (χ2v) is 5.82. The summed E-state index contributed by atoms with van der Waals surface area (Å²) in [5.74, 6) is 0.500. The van der Waals surface area contributed by atoms with Crippen molar-refractivity contribution in [2.75, 3.05) is 27.7 Å². The van der Waals surface area contributed by atoms with Gasteiger partial charge in [-0.05, 0) is 37.4 Å². The third-order valence-electron chi connectivity index (χ3n) is 3.87. The lowest BCUT2D eigenvalue weighted by molar-refractivity contribution is 0.298. The van der Waals surface area contributed by atoms with Crippen LogP contribution in [0.4, 0.5) is 4.39 Å². The SMILES string of the molecule is CN=C(NCc1ccc(F)cc1)NCC(c1ccccc1)N(C)C. The molecule has 24 heavy (non-hydrogen) atoms. The van der Waals surface area contributed by atoms with Gasteiger partial charge in [0, 0.05) is 20.1 Å². The van der Waals surface area contributed by atoms with E-state index in [9.17, 15) is 4.39 Å². The normalized spacial score (nSPS) is 13.0. The fourth-order valence-corrected chi connectivity index (χ4v) is 2.48. The van der Waals surface area contributed by atoms with Crippen molar-refractivity contribution in [1.29, 1.82) is 0 Å². The van der Waals surface area contributed by atoms with Crippen LogP contribution in [0, 0.1) is 5.82 Å². The number of aliphatic imine (C=N–C) groups is 1. The molecule has 0 bridgehead atoms. The number of likely N-dealkylation sites (N-methyl/N-ethyl adjacent to an activating group) is 1. The molecule has 1 atom stereocenters. The first-order chi connectivity index (χ1) is 11.6. The quantitative estimate of drug-likeness (QED) is 0.633. The van der Waals surface area contributed by atoms with Crippen molar-refractivity contribution in [2.24, 2.45) is 4.99 Å². The second-order valence-electron chi connectivity index (χ2n) is 5.82. The molecule has 4 nitrogen and oxygen atoms in total. The molecule has 2 rings (SSSR count). The molecular weight excluding hydrogens is 303 g/mol. The Balaban J connectivity index is 1.91. The number of halogens is 1. The van der Waals surface area contributed by atoms with Crippen LogP contribution in [0.1, 0.15) is 17.2 Å². The van der Waals surface area contributed by atoms with Crippen molar-refractivity contribution < 1.29 is 4.39 Å². The first-order valence-corrected chi connectivity index (χ1v) is 8.00. The zero-order chi connectivity index (χ0) is 17.4. The Hall–Kier alpha value is -2.40. The van der Waals surface area contributed by atoms with E-state index in [4.69, 9.17) is 0 Å². The van der Waals surface area contributed by atoms with Crippen molar-refractivity contribution in [3.05, 3.63) is 71.5 Å². The number of rotatable bonds is 6. The molecule has 0 aromatic heterocycles. The maximum atomic E-state index is 12.9. The van der Waals surface area contributed by atoms with Crippen molar-refractivity contribution >= 4 is 5.96 Å². The maximum Gasteiger partial charge on any atom is 0.191 e. The Morgan fingerprint density at radius 2 is 1.71 bits per heavy atom. The van der Waals surface area contributed by atoms with E-state index in [2.05, 4.69) is 46.8 Å². The molecule has 2 aromatic carbocycles. The molecule has 0 aliphatic rings. The summed E-state index contributed by atoms with van der Waals surface area (Å²) in [5, 5.41) is 6.60. The molecule has 0 aliphatic carbocycles. The first-order valence-electron chi connectivity index (χ1n) is 8.00. The molecule has 0 fully saturated rings. The molecule has 0 amide bonds. The summed E-state index contributed by atoms with van der Waals surface area (Å²) in [6.45, 7) is 1.33. The average molecular weight is 328 g/mol. The minimum absolute atomic E-state index is 0.224. The van der Waals surface area contributed by atoms with Gasteiger partial charge in [0.15, 0.2) is 5.96 Å². The summed E-state index contributed by atoms with van der Waals surface area (Å²) in [6.07, 6.45) is 0. The van der Waals surface area contributed by atoms with E-state index in [1.165, 1.54) is 17.7 Å². The van der Waals surface area contributed by atoms with Crippen LogP contribution in [-0.2, 0) is 6.54 Å². The van der Waals surface area contributed by atoms with E-state index in [0.29, 0.717) is 6.54 Å². The van der Waals surface area contributed by atoms with E-state index in [1.807, 2.05) is 18.2 Å². The number of nitrogens with one attached hydrogen (secondary N) is 2. The zero-order valence-electron chi connectivity index (χ0n) is 14.5. The van der Waals surface area contributed by atoms with Crippen LogP contribution < -0.4 is 10.6 Å². The van der Waals surface area contributed by atoms with Gasteiger partial charge in [-0.3, -0.25) is 4.99 Å². The molecule has 2 aromatic rings. The minimum Gasteiger partial charge on any atom is -0.354 e. The molecule has 0 heterocycles. The fourth-order valence-electron chi connectivity index (χ4n) is 2.48. The van der Waals surface area contributed by atoms with Crippen LogP contribution in [0.2, 0.25) is 0 Å². The predicted octanol–water partition coefficient (Wildman–Crippen LogP) is 2.79. The maximum absolute atomic E-state index is 12.9. The lowest BCUT2D eigenvalue weighted by atomic mass is 10.1. The molecule has 0 saturated carbocycles. The van der Waals surface area contributed by atoms with Crippen LogP contribution in [0.5, 0.6) is 0 Å². The van der Waals surface area contributed by atoms with E-state index >= 15 is 0 Å². The Bertz CT molecular complexity index is 638. The van der Waals surface area contributed by atoms with Gasteiger partial charge in [0.2, 0.25) is 0 Å². The highest BCUT2D eigenvalue weighted by Crippen LogP contribution is 2.16. The lowest BCUT2D eigenvalue weighted by Gasteiger charge is -2.26. The Kier molecular flexibility index (Phi) is 6.75. The monoisotopic (exact) mass is 328 g/mol. The number of hydrogen-bond acceptors (Lipinski definition) is 2. The molecule has 5 heteroatoms. The molecule has 0 saturated heterocycles. The highest BCUT2D eigenvalue weighted by Gasteiger charge is 2.14. The number of hydrogen-bond donors (Lipinski definition) is 2. The van der Waals surface area contributed by atoms with Gasteiger partial charge in [-0.25, -0.2) is 4.39 Å². The smallest absolute Gasteiger partial charge is 0.191 e. The third kappa shape index (κ3) is 5.35. The number of nitrogens with zero attached hydrogens (tertiary/aromatic N) is 2. The van der Waals surface area contributed by atoms with Crippen molar-refractivity contribution in [1.82, 2.24) is 15.5 Å². The zero-order valence-corrected chi connectivity index (χ0v) is 14.5. The number of guanidine groups is 1. The van der Waals surface area contributed by atoms with Crippen molar-refractivity contribution in [2.45, 2.75) is 12.6 Å². The van der Waals surface area contributed by atoms with Gasteiger partial charge in [-0.15, -0.1) is 0 Å². The van der Waals surface area contributed by atoms with Crippen molar-refractivity contribution in [3.63, 3.8) is 0 Å². The summed E-state index contributed by atoms with van der Waals surface area (Å²) in [5.41, 5.74) is 2.26. The molecule has 0 spiro atoms. The highest BCUT2D eigenvalue weighted by atomic mass is 19.1. The average Bonchev–Trinajstić information content (AvgIpc) is 2.60. The first kappa shape index (κ1) is 17.9. The summed E-state index contributed by atoms with van der Waals surface area (Å²) in [7, 11) is 5.87. The van der Waals surface area contributed by atoms with E-state index in [-0.39, 0.29) is 11.9 Å². The van der Waals surface area contributed by atoms with E-state index < -0.39 is 0 Å².